The number of rotatable bonds is 4. The fraction of sp³-hybridized carbons (Fsp3) is 0.562. The van der Waals surface area contributed by atoms with Crippen LogP contribution >= 0.6 is 0 Å². The van der Waals surface area contributed by atoms with Gasteiger partial charge in [-0.15, -0.1) is 0 Å². The van der Waals surface area contributed by atoms with E-state index < -0.39 is 0 Å². The third kappa shape index (κ3) is 4.91. The van der Waals surface area contributed by atoms with Crippen molar-refractivity contribution in [2.45, 2.75) is 46.5 Å². The Balaban J connectivity index is 2.56. The molecule has 1 aromatic rings. The molecule has 0 N–H and O–H groups in total. The first-order valence-electron chi connectivity index (χ1n) is 6.52. The number of ether oxygens (including phenoxy) is 1. The molecule has 0 bridgehead atoms. The van der Waals surface area contributed by atoms with E-state index in [1.807, 2.05) is 0 Å². The summed E-state index contributed by atoms with van der Waals surface area (Å²) < 4.78 is 5.01. The maximum atomic E-state index is 10.7. The minimum atomic E-state index is -0.204. The van der Waals surface area contributed by atoms with Crippen LogP contribution in [-0.2, 0) is 21.4 Å². The Hall–Kier alpha value is -1.31. The lowest BCUT2D eigenvalue weighted by Crippen LogP contribution is -2.13. The van der Waals surface area contributed by atoms with Crippen LogP contribution in [0.5, 0.6) is 0 Å². The number of carbonyl (C=O) groups excluding carboxylic acids is 1. The van der Waals surface area contributed by atoms with Gasteiger partial charge in [0.1, 0.15) is 0 Å². The summed E-state index contributed by atoms with van der Waals surface area (Å²) in [6.07, 6.45) is 0.942. The third-order valence-electron chi connectivity index (χ3n) is 2.98. The zero-order valence-corrected chi connectivity index (χ0v) is 12.1. The highest BCUT2D eigenvalue weighted by Gasteiger charge is 2.13. The van der Waals surface area contributed by atoms with E-state index in [1.54, 1.807) is 0 Å². The van der Waals surface area contributed by atoms with Crippen molar-refractivity contribution < 1.29 is 9.53 Å². The number of esters is 1. The van der Waals surface area contributed by atoms with Crippen molar-refractivity contribution in [2.24, 2.45) is 5.92 Å². The summed E-state index contributed by atoms with van der Waals surface area (Å²) in [6, 6.07) is 8.72. The monoisotopic (exact) mass is 248 g/mol. The normalized spacial score (nSPS) is 13.2. The second-order valence-corrected chi connectivity index (χ2v) is 6.06. The van der Waals surface area contributed by atoms with Crippen LogP contribution in [0.3, 0.4) is 0 Å². The molecule has 100 valence electrons. The molecule has 18 heavy (non-hydrogen) atoms. The molecular formula is C16H24O2. The predicted molar refractivity (Wildman–Crippen MR) is 74.6 cm³/mol. The minimum absolute atomic E-state index is 0.196. The Morgan fingerprint density at radius 1 is 1.22 bits per heavy atom. The molecule has 1 rings (SSSR count). The van der Waals surface area contributed by atoms with Gasteiger partial charge >= 0.3 is 5.97 Å². The second-order valence-electron chi connectivity index (χ2n) is 6.06. The van der Waals surface area contributed by atoms with Gasteiger partial charge in [-0.25, -0.2) is 0 Å². The lowest BCUT2D eigenvalue weighted by molar-refractivity contribution is -0.142. The van der Waals surface area contributed by atoms with Gasteiger partial charge in [-0.3, -0.25) is 4.79 Å². The average Bonchev–Trinajstić information content (AvgIpc) is 2.26. The number of hydrogen-bond donors (Lipinski definition) is 0. The Bertz CT molecular complexity index is 385. The van der Waals surface area contributed by atoms with Crippen molar-refractivity contribution in [3.63, 3.8) is 0 Å². The first-order chi connectivity index (χ1) is 8.29. The molecule has 0 spiro atoms. The smallest absolute Gasteiger partial charge is 0.302 e. The van der Waals surface area contributed by atoms with Crippen LogP contribution in [0.15, 0.2) is 24.3 Å². The Morgan fingerprint density at radius 3 is 2.22 bits per heavy atom. The molecule has 0 aliphatic rings. The van der Waals surface area contributed by atoms with E-state index in [4.69, 9.17) is 4.74 Å². The molecule has 1 aromatic carbocycles. The van der Waals surface area contributed by atoms with Gasteiger partial charge in [-0.2, -0.15) is 0 Å². The molecule has 0 amide bonds. The van der Waals surface area contributed by atoms with Crippen LogP contribution in [0, 0.1) is 5.92 Å². The molecule has 1 atom stereocenters. The van der Waals surface area contributed by atoms with Crippen molar-refractivity contribution in [2.75, 3.05) is 6.61 Å². The summed E-state index contributed by atoms with van der Waals surface area (Å²) in [5.41, 5.74) is 2.84. The molecule has 0 saturated heterocycles. The lowest BCUT2D eigenvalue weighted by atomic mass is 9.86. The number of hydrogen-bond acceptors (Lipinski definition) is 2. The Kier molecular flexibility index (Phi) is 4.94. The Morgan fingerprint density at radius 2 is 1.78 bits per heavy atom. The van der Waals surface area contributed by atoms with E-state index in [1.165, 1.54) is 18.1 Å². The van der Waals surface area contributed by atoms with E-state index in [-0.39, 0.29) is 11.4 Å². The first-order valence-corrected chi connectivity index (χ1v) is 6.52. The molecule has 0 fully saturated rings. The summed E-state index contributed by atoms with van der Waals surface area (Å²) in [5.74, 6) is 0.152. The highest BCUT2D eigenvalue weighted by atomic mass is 16.5. The van der Waals surface area contributed by atoms with Crippen LogP contribution in [0.1, 0.15) is 45.7 Å². The molecule has 1 unspecified atom stereocenters. The molecule has 0 heterocycles. The second kappa shape index (κ2) is 6.03. The van der Waals surface area contributed by atoms with Crippen LogP contribution in [0.4, 0.5) is 0 Å². The van der Waals surface area contributed by atoms with E-state index in [0.29, 0.717) is 12.5 Å². The predicted octanol–water partition coefficient (Wildman–Crippen LogP) is 3.73. The molecule has 2 heteroatoms. The minimum Gasteiger partial charge on any atom is -0.466 e. The van der Waals surface area contributed by atoms with Crippen molar-refractivity contribution in [3.8, 4) is 0 Å². The van der Waals surface area contributed by atoms with E-state index in [2.05, 4.69) is 52.0 Å². The van der Waals surface area contributed by atoms with Crippen LogP contribution in [0.2, 0.25) is 0 Å². The standard InChI is InChI=1S/C16H24O2/c1-12(11-18-13(2)17)10-14-6-8-15(9-7-14)16(3,4)5/h6-9,12H,10-11H2,1-5H3. The van der Waals surface area contributed by atoms with Gasteiger partial charge in [-0.1, -0.05) is 52.0 Å². The summed E-state index contributed by atoms with van der Waals surface area (Å²) in [7, 11) is 0. The molecule has 0 saturated carbocycles. The lowest BCUT2D eigenvalue weighted by Gasteiger charge is -2.19. The van der Waals surface area contributed by atoms with Crippen molar-refractivity contribution >= 4 is 5.97 Å². The van der Waals surface area contributed by atoms with Crippen LogP contribution < -0.4 is 0 Å². The largest absolute Gasteiger partial charge is 0.466 e. The van der Waals surface area contributed by atoms with Gasteiger partial charge in [-0.05, 0) is 28.9 Å². The fourth-order valence-electron chi connectivity index (χ4n) is 1.86. The average molecular weight is 248 g/mol. The molecule has 2 nitrogen and oxygen atoms in total. The molecule has 0 radical (unpaired) electrons. The van der Waals surface area contributed by atoms with E-state index in [0.717, 1.165) is 6.42 Å². The molecule has 0 aliphatic carbocycles. The molecule has 0 aliphatic heterocycles. The quantitative estimate of drug-likeness (QED) is 0.759. The van der Waals surface area contributed by atoms with Gasteiger partial charge in [0.15, 0.2) is 0 Å². The highest BCUT2D eigenvalue weighted by Crippen LogP contribution is 2.22. The fourth-order valence-corrected chi connectivity index (χ4v) is 1.86. The highest BCUT2D eigenvalue weighted by molar-refractivity contribution is 5.65. The summed E-state index contributed by atoms with van der Waals surface area (Å²) in [6.45, 7) is 10.7. The Labute approximate surface area is 110 Å². The molecule has 0 aromatic heterocycles. The third-order valence-corrected chi connectivity index (χ3v) is 2.98. The maximum absolute atomic E-state index is 10.7. The first kappa shape index (κ1) is 14.7. The topological polar surface area (TPSA) is 26.3 Å². The SMILES string of the molecule is CC(=O)OCC(C)Cc1ccc(C(C)(C)C)cc1. The van der Waals surface area contributed by atoms with E-state index >= 15 is 0 Å². The summed E-state index contributed by atoms with van der Waals surface area (Å²) >= 11 is 0. The zero-order chi connectivity index (χ0) is 13.8. The number of carbonyl (C=O) groups is 1. The summed E-state index contributed by atoms with van der Waals surface area (Å²) in [4.78, 5) is 10.7. The summed E-state index contributed by atoms with van der Waals surface area (Å²) in [5, 5.41) is 0. The van der Waals surface area contributed by atoms with E-state index in [9.17, 15) is 4.79 Å². The van der Waals surface area contributed by atoms with Gasteiger partial charge in [0.05, 0.1) is 6.61 Å². The van der Waals surface area contributed by atoms with Gasteiger partial charge < -0.3 is 4.74 Å². The van der Waals surface area contributed by atoms with Crippen LogP contribution in [-0.4, -0.2) is 12.6 Å². The van der Waals surface area contributed by atoms with Crippen molar-refractivity contribution in [1.29, 1.82) is 0 Å². The number of benzene rings is 1. The van der Waals surface area contributed by atoms with Gasteiger partial charge in [0.25, 0.3) is 0 Å². The molecular weight excluding hydrogens is 224 g/mol. The maximum Gasteiger partial charge on any atom is 0.302 e. The van der Waals surface area contributed by atoms with Crippen molar-refractivity contribution in [3.05, 3.63) is 35.4 Å². The van der Waals surface area contributed by atoms with Gasteiger partial charge in [0, 0.05) is 6.92 Å². The van der Waals surface area contributed by atoms with Gasteiger partial charge in [0.2, 0.25) is 0 Å². The van der Waals surface area contributed by atoms with Crippen LogP contribution in [0.25, 0.3) is 0 Å². The van der Waals surface area contributed by atoms with Crippen molar-refractivity contribution in [1.82, 2.24) is 0 Å². The zero-order valence-electron chi connectivity index (χ0n) is 12.1.